The van der Waals surface area contributed by atoms with Crippen LogP contribution in [0.2, 0.25) is 0 Å². The van der Waals surface area contributed by atoms with E-state index in [-0.39, 0.29) is 11.3 Å². The number of rotatable bonds is 2. The third-order valence-electron chi connectivity index (χ3n) is 3.07. The number of benzene rings is 1. The zero-order chi connectivity index (χ0) is 15.7. The smallest absolute Gasteiger partial charge is 0.160 e. The van der Waals surface area contributed by atoms with Crippen LogP contribution in [0.3, 0.4) is 0 Å². The van der Waals surface area contributed by atoms with E-state index in [1.807, 2.05) is 6.92 Å². The molecule has 1 aromatic carbocycles. The van der Waals surface area contributed by atoms with E-state index >= 15 is 0 Å². The monoisotopic (exact) mass is 301 g/mol. The molecule has 110 valence electrons. The maximum absolute atomic E-state index is 14.2. The minimum atomic E-state index is -1.05. The Morgan fingerprint density at radius 3 is 2.05 bits per heavy atom. The van der Waals surface area contributed by atoms with Crippen molar-refractivity contribution < 1.29 is 13.2 Å². The van der Waals surface area contributed by atoms with E-state index in [2.05, 4.69) is 15.0 Å². The Balaban J connectivity index is 2.01. The van der Waals surface area contributed by atoms with Crippen LogP contribution in [0.1, 0.15) is 5.56 Å². The Morgan fingerprint density at radius 2 is 1.41 bits per heavy atom. The molecule has 0 fully saturated rings. The molecule has 0 unspecified atom stereocenters. The standard InChI is InChI=1S/C16H10F3N3/c1-9-6-21-16(22-7-9)11-5-14(19)15(20-8-11)10-2-3-12(17)13(18)4-10/h2-8H,1H3. The van der Waals surface area contributed by atoms with Crippen LogP contribution in [0, 0.1) is 24.4 Å². The van der Waals surface area contributed by atoms with Crippen LogP contribution in [0.5, 0.6) is 0 Å². The van der Waals surface area contributed by atoms with Crippen LogP contribution in [0.15, 0.2) is 42.9 Å². The maximum atomic E-state index is 14.2. The molecule has 3 aromatic rings. The molecular weight excluding hydrogens is 291 g/mol. The summed E-state index contributed by atoms with van der Waals surface area (Å²) in [5.74, 6) is -2.36. The number of nitrogens with zero attached hydrogens (tertiary/aromatic N) is 3. The van der Waals surface area contributed by atoms with Crippen LogP contribution < -0.4 is 0 Å². The van der Waals surface area contributed by atoms with E-state index < -0.39 is 17.5 Å². The van der Waals surface area contributed by atoms with Crippen molar-refractivity contribution in [1.82, 2.24) is 15.0 Å². The molecule has 0 N–H and O–H groups in total. The van der Waals surface area contributed by atoms with Crippen molar-refractivity contribution in [1.29, 1.82) is 0 Å². The number of pyridine rings is 1. The number of aromatic nitrogens is 3. The lowest BCUT2D eigenvalue weighted by molar-refractivity contribution is 0.509. The molecule has 0 aliphatic carbocycles. The van der Waals surface area contributed by atoms with Gasteiger partial charge in [-0.15, -0.1) is 0 Å². The number of hydrogen-bond acceptors (Lipinski definition) is 3. The molecule has 0 saturated carbocycles. The first-order valence-electron chi connectivity index (χ1n) is 6.44. The van der Waals surface area contributed by atoms with Gasteiger partial charge in [0.05, 0.1) is 0 Å². The molecule has 0 atom stereocenters. The molecule has 0 radical (unpaired) electrons. The van der Waals surface area contributed by atoms with Gasteiger partial charge in [0.25, 0.3) is 0 Å². The molecule has 6 heteroatoms. The summed E-state index contributed by atoms with van der Waals surface area (Å²) in [6.45, 7) is 1.84. The van der Waals surface area contributed by atoms with Gasteiger partial charge in [-0.3, -0.25) is 4.98 Å². The highest BCUT2D eigenvalue weighted by Crippen LogP contribution is 2.25. The van der Waals surface area contributed by atoms with Gasteiger partial charge in [-0.05, 0) is 36.8 Å². The van der Waals surface area contributed by atoms with Gasteiger partial charge in [0, 0.05) is 29.7 Å². The molecule has 0 amide bonds. The Bertz CT molecular complexity index is 833. The van der Waals surface area contributed by atoms with Crippen molar-refractivity contribution in [2.24, 2.45) is 0 Å². The van der Waals surface area contributed by atoms with Crippen molar-refractivity contribution in [3.05, 3.63) is 65.9 Å². The molecule has 0 saturated heterocycles. The lowest BCUT2D eigenvalue weighted by Crippen LogP contribution is -1.95. The topological polar surface area (TPSA) is 38.7 Å². The molecule has 3 nitrogen and oxygen atoms in total. The summed E-state index contributed by atoms with van der Waals surface area (Å²) in [4.78, 5) is 12.2. The van der Waals surface area contributed by atoms with E-state index in [4.69, 9.17) is 0 Å². The summed E-state index contributed by atoms with van der Waals surface area (Å²) < 4.78 is 40.4. The lowest BCUT2D eigenvalue weighted by Gasteiger charge is -2.06. The largest absolute Gasteiger partial charge is 0.252 e. The predicted molar refractivity (Wildman–Crippen MR) is 75.3 cm³/mol. The summed E-state index contributed by atoms with van der Waals surface area (Å²) in [6, 6.07) is 4.33. The summed E-state index contributed by atoms with van der Waals surface area (Å²) in [7, 11) is 0. The Kier molecular flexibility index (Phi) is 3.58. The summed E-state index contributed by atoms with van der Waals surface area (Å²) in [5, 5.41) is 0. The molecule has 2 aromatic heterocycles. The summed E-state index contributed by atoms with van der Waals surface area (Å²) in [5.41, 5.74) is 1.39. The molecule has 0 aliphatic heterocycles. The van der Waals surface area contributed by atoms with Crippen LogP contribution in [0.4, 0.5) is 13.2 Å². The maximum Gasteiger partial charge on any atom is 0.160 e. The first-order valence-corrected chi connectivity index (χ1v) is 6.44. The quantitative estimate of drug-likeness (QED) is 0.720. The van der Waals surface area contributed by atoms with Gasteiger partial charge in [0.2, 0.25) is 0 Å². The Morgan fingerprint density at radius 1 is 0.727 bits per heavy atom. The average Bonchev–Trinajstić information content (AvgIpc) is 2.51. The van der Waals surface area contributed by atoms with E-state index in [0.717, 1.165) is 17.7 Å². The highest BCUT2D eigenvalue weighted by atomic mass is 19.2. The van der Waals surface area contributed by atoms with Crippen molar-refractivity contribution in [3.63, 3.8) is 0 Å². The van der Waals surface area contributed by atoms with Gasteiger partial charge in [-0.2, -0.15) is 0 Å². The number of hydrogen-bond donors (Lipinski definition) is 0. The van der Waals surface area contributed by atoms with Gasteiger partial charge < -0.3 is 0 Å². The average molecular weight is 301 g/mol. The van der Waals surface area contributed by atoms with Crippen LogP contribution in [-0.2, 0) is 0 Å². The molecule has 3 rings (SSSR count). The van der Waals surface area contributed by atoms with Crippen molar-refractivity contribution in [3.8, 4) is 22.6 Å². The number of halogens is 3. The van der Waals surface area contributed by atoms with E-state index in [9.17, 15) is 13.2 Å². The first kappa shape index (κ1) is 14.2. The highest BCUT2D eigenvalue weighted by Gasteiger charge is 2.12. The van der Waals surface area contributed by atoms with Gasteiger partial charge in [0.1, 0.15) is 11.5 Å². The second kappa shape index (κ2) is 5.55. The summed E-state index contributed by atoms with van der Waals surface area (Å²) >= 11 is 0. The van der Waals surface area contributed by atoms with Gasteiger partial charge in [-0.25, -0.2) is 23.1 Å². The third-order valence-corrected chi connectivity index (χ3v) is 3.07. The van der Waals surface area contributed by atoms with Gasteiger partial charge in [0.15, 0.2) is 17.5 Å². The van der Waals surface area contributed by atoms with Crippen LogP contribution in [0.25, 0.3) is 22.6 Å². The predicted octanol–water partition coefficient (Wildman–Crippen LogP) is 3.93. The van der Waals surface area contributed by atoms with Gasteiger partial charge >= 0.3 is 0 Å². The normalized spacial score (nSPS) is 10.7. The highest BCUT2D eigenvalue weighted by molar-refractivity contribution is 5.64. The van der Waals surface area contributed by atoms with E-state index in [0.29, 0.717) is 11.4 Å². The SMILES string of the molecule is Cc1cnc(-c2cnc(-c3ccc(F)c(F)c3)c(F)c2)nc1. The van der Waals surface area contributed by atoms with E-state index in [1.165, 1.54) is 18.3 Å². The zero-order valence-electron chi connectivity index (χ0n) is 11.5. The molecular formula is C16H10F3N3. The third kappa shape index (κ3) is 2.67. The van der Waals surface area contributed by atoms with E-state index in [1.54, 1.807) is 12.4 Å². The minimum Gasteiger partial charge on any atom is -0.252 e. The Hall–Kier alpha value is -2.76. The number of aryl methyl sites for hydroxylation is 1. The van der Waals surface area contributed by atoms with Crippen LogP contribution >= 0.6 is 0 Å². The fraction of sp³-hybridized carbons (Fsp3) is 0.0625. The van der Waals surface area contributed by atoms with Gasteiger partial charge in [-0.1, -0.05) is 0 Å². The fourth-order valence-electron chi connectivity index (χ4n) is 1.96. The van der Waals surface area contributed by atoms with Crippen LogP contribution in [-0.4, -0.2) is 15.0 Å². The van der Waals surface area contributed by atoms with Crippen molar-refractivity contribution in [2.45, 2.75) is 6.92 Å². The Labute approximate surface area is 124 Å². The second-order valence-electron chi connectivity index (χ2n) is 4.77. The van der Waals surface area contributed by atoms with Crippen molar-refractivity contribution in [2.75, 3.05) is 0 Å². The molecule has 2 heterocycles. The molecule has 0 aliphatic rings. The van der Waals surface area contributed by atoms with Crippen molar-refractivity contribution >= 4 is 0 Å². The summed E-state index contributed by atoms with van der Waals surface area (Å²) in [6.07, 6.45) is 4.62. The molecule has 22 heavy (non-hydrogen) atoms. The fourth-order valence-corrected chi connectivity index (χ4v) is 1.96. The zero-order valence-corrected chi connectivity index (χ0v) is 11.5. The second-order valence-corrected chi connectivity index (χ2v) is 4.77. The first-order chi connectivity index (χ1) is 10.5. The lowest BCUT2D eigenvalue weighted by atomic mass is 10.1. The minimum absolute atomic E-state index is 0.0604. The molecule has 0 bridgehead atoms. The molecule has 0 spiro atoms.